The molecular formula is C22H25NO6. The van der Waals surface area contributed by atoms with E-state index >= 15 is 0 Å². The van der Waals surface area contributed by atoms with Crippen LogP contribution in [-0.4, -0.2) is 55.7 Å². The summed E-state index contributed by atoms with van der Waals surface area (Å²) in [7, 11) is 1.48. The Kier molecular flexibility index (Phi) is 6.69. The monoisotopic (exact) mass is 399 g/mol. The van der Waals surface area contributed by atoms with Gasteiger partial charge in [-0.15, -0.1) is 0 Å². The molecule has 2 aromatic carbocycles. The number of fused-ring (bicyclic) bond motifs is 1. The molecule has 1 heterocycles. The lowest BCUT2D eigenvalue weighted by molar-refractivity contribution is -0.157. The molecule has 1 saturated heterocycles. The molecule has 1 amide bonds. The van der Waals surface area contributed by atoms with E-state index in [9.17, 15) is 14.4 Å². The zero-order chi connectivity index (χ0) is 20.8. The van der Waals surface area contributed by atoms with Crippen LogP contribution in [0.5, 0.6) is 5.75 Å². The summed E-state index contributed by atoms with van der Waals surface area (Å²) in [5.41, 5.74) is 0.250. The van der Waals surface area contributed by atoms with E-state index in [1.54, 1.807) is 19.1 Å². The van der Waals surface area contributed by atoms with Crippen LogP contribution in [0.25, 0.3) is 10.8 Å². The molecule has 2 aromatic rings. The van der Waals surface area contributed by atoms with Crippen molar-refractivity contribution in [2.45, 2.75) is 32.2 Å². The fourth-order valence-corrected chi connectivity index (χ4v) is 3.55. The second kappa shape index (κ2) is 9.41. The molecule has 29 heavy (non-hydrogen) atoms. The minimum Gasteiger partial charge on any atom is -0.496 e. The van der Waals surface area contributed by atoms with Crippen molar-refractivity contribution in [3.8, 4) is 5.75 Å². The van der Waals surface area contributed by atoms with Crippen LogP contribution < -0.4 is 4.74 Å². The maximum absolute atomic E-state index is 12.6. The Bertz CT molecular complexity index is 909. The van der Waals surface area contributed by atoms with Gasteiger partial charge in [0.15, 0.2) is 6.61 Å². The van der Waals surface area contributed by atoms with Crippen molar-refractivity contribution in [2.75, 3.05) is 26.9 Å². The molecule has 0 bridgehead atoms. The van der Waals surface area contributed by atoms with Crippen LogP contribution >= 0.6 is 0 Å². The van der Waals surface area contributed by atoms with Gasteiger partial charge in [-0.1, -0.05) is 24.3 Å². The first kappa shape index (κ1) is 20.6. The number of esters is 2. The molecule has 7 nitrogen and oxygen atoms in total. The van der Waals surface area contributed by atoms with Crippen molar-refractivity contribution in [1.29, 1.82) is 0 Å². The molecule has 154 valence electrons. The first-order chi connectivity index (χ1) is 14.0. The van der Waals surface area contributed by atoms with Crippen molar-refractivity contribution >= 4 is 28.6 Å². The van der Waals surface area contributed by atoms with E-state index in [4.69, 9.17) is 14.2 Å². The van der Waals surface area contributed by atoms with Crippen molar-refractivity contribution in [2.24, 2.45) is 0 Å². The number of nitrogens with zero attached hydrogens (tertiary/aromatic N) is 1. The van der Waals surface area contributed by atoms with Crippen molar-refractivity contribution in [3.05, 3.63) is 42.0 Å². The second-order valence-electron chi connectivity index (χ2n) is 6.83. The van der Waals surface area contributed by atoms with Crippen LogP contribution in [0.3, 0.4) is 0 Å². The van der Waals surface area contributed by atoms with E-state index in [-0.39, 0.29) is 12.2 Å². The van der Waals surface area contributed by atoms with Gasteiger partial charge in [0.05, 0.1) is 13.7 Å². The summed E-state index contributed by atoms with van der Waals surface area (Å²) >= 11 is 0. The normalized spacial score (nSPS) is 16.3. The maximum Gasteiger partial charge on any atom is 0.342 e. The Labute approximate surface area is 169 Å². The number of hydrogen-bond donors (Lipinski definition) is 0. The minimum absolute atomic E-state index is 0.250. The summed E-state index contributed by atoms with van der Waals surface area (Å²) in [5.74, 6) is -1.09. The van der Waals surface area contributed by atoms with Gasteiger partial charge in [-0.2, -0.15) is 0 Å². The first-order valence-corrected chi connectivity index (χ1v) is 9.75. The largest absolute Gasteiger partial charge is 0.496 e. The molecule has 0 aliphatic carbocycles. The standard InChI is InChI=1S/C22H25NO6/c1-3-28-22(26)18-10-6-7-11-23(18)20(24)14-29-21(25)17-12-15-8-4-5-9-16(15)13-19(17)27-2/h4-5,8-9,12-13,18H,3,6-7,10-11,14H2,1-2H3/t18-/m1/s1. The molecular weight excluding hydrogens is 374 g/mol. The van der Waals surface area contributed by atoms with E-state index < -0.39 is 30.5 Å². The number of carbonyl (C=O) groups excluding carboxylic acids is 3. The Morgan fingerprint density at radius 3 is 2.48 bits per heavy atom. The number of methoxy groups -OCH3 is 1. The highest BCUT2D eigenvalue weighted by molar-refractivity contribution is 5.99. The predicted molar refractivity (Wildman–Crippen MR) is 107 cm³/mol. The molecule has 0 radical (unpaired) electrons. The van der Waals surface area contributed by atoms with Gasteiger partial charge in [-0.05, 0) is 49.1 Å². The summed E-state index contributed by atoms with van der Waals surface area (Å²) in [5, 5.41) is 1.80. The molecule has 1 atom stereocenters. The number of hydrogen-bond acceptors (Lipinski definition) is 6. The highest BCUT2D eigenvalue weighted by Gasteiger charge is 2.33. The fourth-order valence-electron chi connectivity index (χ4n) is 3.55. The van der Waals surface area contributed by atoms with E-state index in [0.29, 0.717) is 18.7 Å². The molecule has 1 aliphatic heterocycles. The van der Waals surface area contributed by atoms with Crippen LogP contribution in [0.4, 0.5) is 0 Å². The Morgan fingerprint density at radius 2 is 1.79 bits per heavy atom. The lowest BCUT2D eigenvalue weighted by Gasteiger charge is -2.33. The third-order valence-electron chi connectivity index (χ3n) is 5.00. The van der Waals surface area contributed by atoms with Gasteiger partial charge >= 0.3 is 11.9 Å². The van der Waals surface area contributed by atoms with Gasteiger partial charge < -0.3 is 19.1 Å². The van der Waals surface area contributed by atoms with Crippen LogP contribution in [-0.2, 0) is 19.1 Å². The first-order valence-electron chi connectivity index (χ1n) is 9.75. The molecule has 3 rings (SSSR count). The third-order valence-corrected chi connectivity index (χ3v) is 5.00. The summed E-state index contributed by atoms with van der Waals surface area (Å²) in [6.07, 6.45) is 2.20. The third kappa shape index (κ3) is 4.67. The fraction of sp³-hybridized carbons (Fsp3) is 0.409. The van der Waals surface area contributed by atoms with Gasteiger partial charge in [-0.25, -0.2) is 9.59 Å². The lowest BCUT2D eigenvalue weighted by Crippen LogP contribution is -2.50. The predicted octanol–water partition coefficient (Wildman–Crippen LogP) is 2.95. The molecule has 1 fully saturated rings. The molecule has 0 spiro atoms. The number of ether oxygens (including phenoxy) is 3. The van der Waals surface area contributed by atoms with Crippen molar-refractivity contribution in [1.82, 2.24) is 4.90 Å². The number of likely N-dealkylation sites (tertiary alicyclic amines) is 1. The summed E-state index contributed by atoms with van der Waals surface area (Å²) in [6, 6.07) is 10.4. The van der Waals surface area contributed by atoms with Gasteiger partial charge in [0.25, 0.3) is 5.91 Å². The quantitative estimate of drug-likeness (QED) is 0.695. The summed E-state index contributed by atoms with van der Waals surface area (Å²) in [4.78, 5) is 38.8. The van der Waals surface area contributed by atoms with E-state index in [0.717, 1.165) is 23.6 Å². The molecule has 0 N–H and O–H groups in total. The number of rotatable bonds is 6. The zero-order valence-electron chi connectivity index (χ0n) is 16.7. The Balaban J connectivity index is 1.70. The van der Waals surface area contributed by atoms with Crippen LogP contribution in [0.2, 0.25) is 0 Å². The number of carbonyl (C=O) groups is 3. The highest BCUT2D eigenvalue weighted by Crippen LogP contribution is 2.27. The van der Waals surface area contributed by atoms with E-state index in [1.807, 2.05) is 24.3 Å². The SMILES string of the molecule is CCOC(=O)[C@H]1CCCCN1C(=O)COC(=O)c1cc2ccccc2cc1OC. The van der Waals surface area contributed by atoms with E-state index in [1.165, 1.54) is 12.0 Å². The van der Waals surface area contributed by atoms with Gasteiger partial charge in [0, 0.05) is 6.54 Å². The summed E-state index contributed by atoms with van der Waals surface area (Å²) < 4.78 is 15.6. The van der Waals surface area contributed by atoms with Crippen molar-refractivity contribution < 1.29 is 28.6 Å². The minimum atomic E-state index is -0.648. The van der Waals surface area contributed by atoms with E-state index in [2.05, 4.69) is 0 Å². The average molecular weight is 399 g/mol. The topological polar surface area (TPSA) is 82.1 Å². The molecule has 0 saturated carbocycles. The summed E-state index contributed by atoms with van der Waals surface area (Å²) in [6.45, 7) is 1.99. The maximum atomic E-state index is 12.6. The van der Waals surface area contributed by atoms with Gasteiger partial charge in [0.2, 0.25) is 0 Å². The Morgan fingerprint density at radius 1 is 1.07 bits per heavy atom. The van der Waals surface area contributed by atoms with Crippen LogP contribution in [0, 0.1) is 0 Å². The average Bonchev–Trinajstić information content (AvgIpc) is 2.76. The zero-order valence-corrected chi connectivity index (χ0v) is 16.7. The molecule has 0 unspecified atom stereocenters. The van der Waals surface area contributed by atoms with Crippen molar-refractivity contribution in [3.63, 3.8) is 0 Å². The lowest BCUT2D eigenvalue weighted by atomic mass is 10.0. The number of piperidine rings is 1. The molecule has 1 aliphatic rings. The molecule has 0 aromatic heterocycles. The van der Waals surface area contributed by atoms with Gasteiger partial charge in [-0.3, -0.25) is 4.79 Å². The second-order valence-corrected chi connectivity index (χ2v) is 6.83. The number of amides is 1. The Hall–Kier alpha value is -3.09. The molecule has 7 heteroatoms. The van der Waals surface area contributed by atoms with Crippen LogP contribution in [0.1, 0.15) is 36.5 Å². The highest BCUT2D eigenvalue weighted by atomic mass is 16.5. The number of benzene rings is 2. The van der Waals surface area contributed by atoms with Gasteiger partial charge in [0.1, 0.15) is 17.4 Å². The smallest absolute Gasteiger partial charge is 0.342 e. The van der Waals surface area contributed by atoms with Crippen LogP contribution in [0.15, 0.2) is 36.4 Å².